The molecule has 0 aliphatic heterocycles. The van der Waals surface area contributed by atoms with E-state index in [1.165, 1.54) is 31.1 Å². The van der Waals surface area contributed by atoms with E-state index in [4.69, 9.17) is 4.98 Å². The zero-order valence-electron chi connectivity index (χ0n) is 11.3. The third-order valence-electron chi connectivity index (χ3n) is 3.96. The van der Waals surface area contributed by atoms with Gasteiger partial charge in [0.1, 0.15) is 5.82 Å². The lowest BCUT2D eigenvalue weighted by atomic mass is 9.95. The number of benzene rings is 1. The molecule has 2 nitrogen and oxygen atoms in total. The van der Waals surface area contributed by atoms with E-state index in [-0.39, 0.29) is 0 Å². The highest BCUT2D eigenvalue weighted by Gasteiger charge is 2.20. The van der Waals surface area contributed by atoms with Crippen molar-refractivity contribution in [1.29, 1.82) is 0 Å². The molecular weight excluding hydrogens is 252 g/mol. The Morgan fingerprint density at radius 1 is 1.05 bits per heavy atom. The fourth-order valence-corrected chi connectivity index (χ4v) is 3.54. The average Bonchev–Trinajstić information content (AvgIpc) is 2.48. The van der Waals surface area contributed by atoms with E-state index in [1.54, 1.807) is 0 Å². The monoisotopic (exact) mass is 272 g/mol. The molecule has 0 amide bonds. The Morgan fingerprint density at radius 3 is 2.63 bits per heavy atom. The number of nitrogens with zero attached hydrogens (tertiary/aromatic N) is 1. The number of nitrogens with one attached hydrogen (secondary N) is 1. The Bertz CT molecular complexity index is 547. The molecule has 0 spiro atoms. The van der Waals surface area contributed by atoms with Crippen LogP contribution in [0.25, 0.3) is 10.9 Å². The summed E-state index contributed by atoms with van der Waals surface area (Å²) in [5.74, 6) is 1.02. The van der Waals surface area contributed by atoms with Gasteiger partial charge in [-0.3, -0.25) is 0 Å². The Balaban J connectivity index is 1.68. The van der Waals surface area contributed by atoms with Crippen LogP contribution < -0.4 is 5.32 Å². The van der Waals surface area contributed by atoms with Crippen molar-refractivity contribution in [3.8, 4) is 0 Å². The van der Waals surface area contributed by atoms with E-state index in [0.29, 0.717) is 6.04 Å². The maximum Gasteiger partial charge on any atom is 0.126 e. The summed E-state index contributed by atoms with van der Waals surface area (Å²) in [6.45, 7) is 0. The molecule has 0 radical (unpaired) electrons. The van der Waals surface area contributed by atoms with Crippen molar-refractivity contribution in [2.75, 3.05) is 11.6 Å². The molecule has 0 bridgehead atoms. The molecule has 19 heavy (non-hydrogen) atoms. The number of anilines is 1. The van der Waals surface area contributed by atoms with Gasteiger partial charge < -0.3 is 5.32 Å². The van der Waals surface area contributed by atoms with Crippen LogP contribution in [0, 0.1) is 0 Å². The fourth-order valence-electron chi connectivity index (χ4n) is 2.80. The molecule has 0 saturated heterocycles. The molecule has 1 saturated carbocycles. The Kier molecular flexibility index (Phi) is 3.92. The number of thioether (sulfide) groups is 1. The molecule has 1 N–H and O–H groups in total. The fraction of sp³-hybridized carbons (Fsp3) is 0.438. The normalized spacial score (nSPS) is 23.4. The molecular formula is C16H20N2S. The quantitative estimate of drug-likeness (QED) is 0.900. The summed E-state index contributed by atoms with van der Waals surface area (Å²) in [5, 5.41) is 5.67. The van der Waals surface area contributed by atoms with E-state index in [2.05, 4.69) is 41.9 Å². The van der Waals surface area contributed by atoms with Gasteiger partial charge in [0.15, 0.2) is 0 Å². The second-order valence-corrected chi connectivity index (χ2v) is 6.38. The Morgan fingerprint density at radius 2 is 1.84 bits per heavy atom. The number of hydrogen-bond donors (Lipinski definition) is 1. The summed E-state index contributed by atoms with van der Waals surface area (Å²) in [4.78, 5) is 4.69. The second-order valence-electron chi connectivity index (χ2n) is 5.24. The summed E-state index contributed by atoms with van der Waals surface area (Å²) >= 11 is 2.01. The van der Waals surface area contributed by atoms with Gasteiger partial charge in [0, 0.05) is 16.7 Å². The summed E-state index contributed by atoms with van der Waals surface area (Å²) in [5.41, 5.74) is 1.07. The second kappa shape index (κ2) is 5.83. The molecule has 2 aromatic rings. The van der Waals surface area contributed by atoms with Crippen LogP contribution in [0.2, 0.25) is 0 Å². The lowest BCUT2D eigenvalue weighted by Gasteiger charge is -2.28. The number of rotatable bonds is 3. The van der Waals surface area contributed by atoms with Crippen molar-refractivity contribution in [2.45, 2.75) is 37.0 Å². The van der Waals surface area contributed by atoms with Crippen LogP contribution in [0.3, 0.4) is 0 Å². The van der Waals surface area contributed by atoms with E-state index in [9.17, 15) is 0 Å². The van der Waals surface area contributed by atoms with Crippen LogP contribution in [-0.4, -0.2) is 22.5 Å². The first kappa shape index (κ1) is 12.8. The Hall–Kier alpha value is -1.22. The zero-order valence-corrected chi connectivity index (χ0v) is 12.1. The molecule has 0 unspecified atom stereocenters. The van der Waals surface area contributed by atoms with Crippen LogP contribution >= 0.6 is 11.8 Å². The van der Waals surface area contributed by atoms with Crippen molar-refractivity contribution >= 4 is 28.5 Å². The van der Waals surface area contributed by atoms with Crippen LogP contribution in [0.1, 0.15) is 25.7 Å². The molecule has 100 valence electrons. The number of pyridine rings is 1. The molecule has 3 rings (SSSR count). The van der Waals surface area contributed by atoms with E-state index in [1.807, 2.05) is 17.8 Å². The number of para-hydroxylation sites is 1. The molecule has 1 heterocycles. The van der Waals surface area contributed by atoms with Crippen molar-refractivity contribution in [3.63, 3.8) is 0 Å². The maximum atomic E-state index is 4.69. The smallest absolute Gasteiger partial charge is 0.126 e. The minimum atomic E-state index is 0.595. The zero-order chi connectivity index (χ0) is 13.1. The third-order valence-corrected chi connectivity index (χ3v) is 5.10. The van der Waals surface area contributed by atoms with Gasteiger partial charge >= 0.3 is 0 Å². The molecule has 1 aromatic heterocycles. The van der Waals surface area contributed by atoms with Gasteiger partial charge in [-0.15, -0.1) is 0 Å². The first-order chi connectivity index (χ1) is 9.35. The topological polar surface area (TPSA) is 24.9 Å². The van der Waals surface area contributed by atoms with E-state index >= 15 is 0 Å². The predicted molar refractivity (Wildman–Crippen MR) is 84.9 cm³/mol. The van der Waals surface area contributed by atoms with E-state index < -0.39 is 0 Å². The van der Waals surface area contributed by atoms with Gasteiger partial charge in [0.05, 0.1) is 5.52 Å². The number of fused-ring (bicyclic) bond motifs is 1. The lowest BCUT2D eigenvalue weighted by molar-refractivity contribution is 0.472. The maximum absolute atomic E-state index is 4.69. The minimum Gasteiger partial charge on any atom is -0.367 e. The highest BCUT2D eigenvalue weighted by atomic mass is 32.2. The van der Waals surface area contributed by atoms with Gasteiger partial charge in [0.25, 0.3) is 0 Å². The van der Waals surface area contributed by atoms with Crippen molar-refractivity contribution in [1.82, 2.24) is 4.98 Å². The van der Waals surface area contributed by atoms with Gasteiger partial charge in [-0.1, -0.05) is 18.2 Å². The third kappa shape index (κ3) is 3.03. The van der Waals surface area contributed by atoms with E-state index in [0.717, 1.165) is 16.6 Å². The van der Waals surface area contributed by atoms with Crippen molar-refractivity contribution < 1.29 is 0 Å². The minimum absolute atomic E-state index is 0.595. The summed E-state index contributed by atoms with van der Waals surface area (Å²) in [7, 11) is 0. The van der Waals surface area contributed by atoms with Crippen molar-refractivity contribution in [3.05, 3.63) is 36.4 Å². The molecule has 0 atom stereocenters. The van der Waals surface area contributed by atoms with Crippen LogP contribution in [0.4, 0.5) is 5.82 Å². The van der Waals surface area contributed by atoms with Crippen LogP contribution in [-0.2, 0) is 0 Å². The highest BCUT2D eigenvalue weighted by Crippen LogP contribution is 2.28. The molecule has 1 aliphatic carbocycles. The summed E-state index contributed by atoms with van der Waals surface area (Å²) < 4.78 is 0. The summed E-state index contributed by atoms with van der Waals surface area (Å²) in [6.07, 6.45) is 7.40. The van der Waals surface area contributed by atoms with Gasteiger partial charge in [-0.25, -0.2) is 4.98 Å². The average molecular weight is 272 g/mol. The molecule has 1 fully saturated rings. The Labute approximate surface area is 119 Å². The highest BCUT2D eigenvalue weighted by molar-refractivity contribution is 7.99. The standard InChI is InChI=1S/C16H20N2S/c1-19-14-9-7-13(8-10-14)17-16-11-6-12-4-2-3-5-15(12)18-16/h2-6,11,13-14H,7-10H2,1H3,(H,17,18). The van der Waals surface area contributed by atoms with Crippen LogP contribution in [0.5, 0.6) is 0 Å². The SMILES string of the molecule is CSC1CCC(Nc2ccc3ccccc3n2)CC1. The first-order valence-electron chi connectivity index (χ1n) is 7.00. The van der Waals surface area contributed by atoms with Gasteiger partial charge in [-0.2, -0.15) is 11.8 Å². The van der Waals surface area contributed by atoms with Crippen LogP contribution in [0.15, 0.2) is 36.4 Å². The number of hydrogen-bond acceptors (Lipinski definition) is 3. The van der Waals surface area contributed by atoms with Gasteiger partial charge in [-0.05, 0) is 50.1 Å². The molecule has 1 aromatic carbocycles. The molecule has 1 aliphatic rings. The van der Waals surface area contributed by atoms with Gasteiger partial charge in [0.2, 0.25) is 0 Å². The largest absolute Gasteiger partial charge is 0.367 e. The number of aromatic nitrogens is 1. The first-order valence-corrected chi connectivity index (χ1v) is 8.29. The lowest BCUT2D eigenvalue weighted by Crippen LogP contribution is -2.27. The summed E-state index contributed by atoms with van der Waals surface area (Å²) in [6, 6.07) is 13.1. The van der Waals surface area contributed by atoms with Crippen molar-refractivity contribution in [2.24, 2.45) is 0 Å². The molecule has 3 heteroatoms. The predicted octanol–water partition coefficient (Wildman–Crippen LogP) is 4.32.